The number of aliphatic carboxylic acids is 1. The first-order chi connectivity index (χ1) is 5.49. The Bertz CT molecular complexity index is 182. The van der Waals surface area contributed by atoms with Crippen LogP contribution in [0.4, 0.5) is 0 Å². The third-order valence-electron chi connectivity index (χ3n) is 1.82. The largest absolute Gasteiger partial charge is 0.479 e. The van der Waals surface area contributed by atoms with Gasteiger partial charge < -0.3 is 14.7 Å². The van der Waals surface area contributed by atoms with Crippen LogP contribution in [0.25, 0.3) is 0 Å². The van der Waals surface area contributed by atoms with E-state index in [1.54, 1.807) is 0 Å². The van der Waals surface area contributed by atoms with Crippen molar-refractivity contribution in [3.8, 4) is 0 Å². The van der Waals surface area contributed by atoms with Gasteiger partial charge in [0.2, 0.25) is 6.41 Å². The number of ether oxygens (including phenoxy) is 1. The molecule has 0 saturated carbocycles. The van der Waals surface area contributed by atoms with Gasteiger partial charge in [-0.2, -0.15) is 0 Å². The van der Waals surface area contributed by atoms with Crippen LogP contribution >= 0.6 is 0 Å². The monoisotopic (exact) mass is 175 g/mol. The standard InChI is InChI=1S/C7H13NO4/c1-7(4-12-3,6(10)11)8(2)5-9/h5H,4H2,1-3H3,(H,10,11). The van der Waals surface area contributed by atoms with Gasteiger partial charge in [-0.15, -0.1) is 0 Å². The fraction of sp³-hybridized carbons (Fsp3) is 0.714. The SMILES string of the molecule is COCC(C)(C(=O)O)N(C)C=O. The summed E-state index contributed by atoms with van der Waals surface area (Å²) in [7, 11) is 2.79. The highest BCUT2D eigenvalue weighted by atomic mass is 16.5. The highest BCUT2D eigenvalue weighted by Gasteiger charge is 2.37. The molecule has 5 nitrogen and oxygen atoms in total. The van der Waals surface area contributed by atoms with Crippen LogP contribution in [-0.2, 0) is 14.3 Å². The molecule has 0 aliphatic rings. The van der Waals surface area contributed by atoms with Crippen molar-refractivity contribution < 1.29 is 19.4 Å². The van der Waals surface area contributed by atoms with E-state index in [-0.39, 0.29) is 6.61 Å². The predicted molar refractivity (Wildman–Crippen MR) is 41.7 cm³/mol. The highest BCUT2D eigenvalue weighted by Crippen LogP contribution is 2.11. The van der Waals surface area contributed by atoms with E-state index in [1.807, 2.05) is 0 Å². The summed E-state index contributed by atoms with van der Waals surface area (Å²) in [6.07, 6.45) is 0.465. The fourth-order valence-corrected chi connectivity index (χ4v) is 0.712. The highest BCUT2D eigenvalue weighted by molar-refractivity contribution is 5.81. The molecule has 1 unspecified atom stereocenters. The molecule has 0 bridgehead atoms. The van der Waals surface area contributed by atoms with E-state index in [1.165, 1.54) is 21.1 Å². The van der Waals surface area contributed by atoms with Crippen molar-refractivity contribution in [2.45, 2.75) is 12.5 Å². The van der Waals surface area contributed by atoms with Crippen LogP contribution in [0.2, 0.25) is 0 Å². The van der Waals surface area contributed by atoms with Crippen molar-refractivity contribution in [1.29, 1.82) is 0 Å². The zero-order chi connectivity index (χ0) is 9.78. The van der Waals surface area contributed by atoms with Crippen LogP contribution in [0, 0.1) is 0 Å². The normalized spacial score (nSPS) is 14.9. The molecule has 0 aliphatic carbocycles. The molecule has 0 aromatic carbocycles. The quantitative estimate of drug-likeness (QED) is 0.575. The second kappa shape index (κ2) is 4.06. The number of carboxylic acids is 1. The van der Waals surface area contributed by atoms with Crippen LogP contribution in [0.3, 0.4) is 0 Å². The summed E-state index contributed by atoms with van der Waals surface area (Å²) in [5, 5.41) is 8.78. The van der Waals surface area contributed by atoms with E-state index in [9.17, 15) is 9.59 Å². The van der Waals surface area contributed by atoms with Crippen LogP contribution in [0.15, 0.2) is 0 Å². The van der Waals surface area contributed by atoms with E-state index in [0.717, 1.165) is 4.90 Å². The number of nitrogens with zero attached hydrogens (tertiary/aromatic N) is 1. The van der Waals surface area contributed by atoms with E-state index < -0.39 is 11.5 Å². The van der Waals surface area contributed by atoms with Crippen molar-refractivity contribution in [2.75, 3.05) is 20.8 Å². The smallest absolute Gasteiger partial charge is 0.331 e. The number of carbonyl (C=O) groups excluding carboxylic acids is 1. The minimum absolute atomic E-state index is 0.0302. The maximum Gasteiger partial charge on any atom is 0.331 e. The average molecular weight is 175 g/mol. The van der Waals surface area contributed by atoms with Crippen molar-refractivity contribution in [1.82, 2.24) is 4.90 Å². The summed E-state index contributed by atoms with van der Waals surface area (Å²) < 4.78 is 4.71. The zero-order valence-corrected chi connectivity index (χ0v) is 7.40. The van der Waals surface area contributed by atoms with Crippen molar-refractivity contribution in [3.05, 3.63) is 0 Å². The van der Waals surface area contributed by atoms with Gasteiger partial charge in [0.1, 0.15) is 0 Å². The molecule has 0 aromatic heterocycles. The lowest BCUT2D eigenvalue weighted by Gasteiger charge is -2.31. The summed E-state index contributed by atoms with van der Waals surface area (Å²) in [5.41, 5.74) is -1.28. The number of rotatable bonds is 5. The number of carbonyl (C=O) groups is 2. The number of hydrogen-bond donors (Lipinski definition) is 1. The number of methoxy groups -OCH3 is 1. The summed E-state index contributed by atoms with van der Waals surface area (Å²) in [5.74, 6) is -1.08. The van der Waals surface area contributed by atoms with Gasteiger partial charge in [0.15, 0.2) is 5.54 Å². The molecule has 0 spiro atoms. The molecule has 0 heterocycles. The molecule has 1 N–H and O–H groups in total. The molecule has 5 heteroatoms. The lowest BCUT2D eigenvalue weighted by Crippen LogP contribution is -2.53. The first-order valence-electron chi connectivity index (χ1n) is 3.39. The molecular weight excluding hydrogens is 162 g/mol. The van der Waals surface area contributed by atoms with Gasteiger partial charge >= 0.3 is 5.97 Å². The van der Waals surface area contributed by atoms with Gasteiger partial charge in [-0.25, -0.2) is 4.79 Å². The minimum Gasteiger partial charge on any atom is -0.479 e. The molecule has 1 amide bonds. The molecule has 0 rings (SSSR count). The van der Waals surface area contributed by atoms with Crippen molar-refractivity contribution in [2.24, 2.45) is 0 Å². The number of hydrogen-bond acceptors (Lipinski definition) is 3. The van der Waals surface area contributed by atoms with Gasteiger partial charge in [-0.3, -0.25) is 4.79 Å². The summed E-state index contributed by atoms with van der Waals surface area (Å²) in [6.45, 7) is 1.39. The van der Waals surface area contributed by atoms with E-state index in [0.29, 0.717) is 6.41 Å². The van der Waals surface area contributed by atoms with Crippen LogP contribution < -0.4 is 0 Å². The molecule has 12 heavy (non-hydrogen) atoms. The Morgan fingerprint density at radius 2 is 2.25 bits per heavy atom. The molecule has 70 valence electrons. The van der Waals surface area contributed by atoms with Gasteiger partial charge in [-0.05, 0) is 6.92 Å². The Hall–Kier alpha value is -1.10. The van der Waals surface area contributed by atoms with E-state index in [4.69, 9.17) is 9.84 Å². The van der Waals surface area contributed by atoms with Crippen LogP contribution in [-0.4, -0.2) is 48.7 Å². The fourth-order valence-electron chi connectivity index (χ4n) is 0.712. The molecule has 0 aliphatic heterocycles. The van der Waals surface area contributed by atoms with Gasteiger partial charge in [0, 0.05) is 14.2 Å². The van der Waals surface area contributed by atoms with Crippen LogP contribution in [0.5, 0.6) is 0 Å². The summed E-state index contributed by atoms with van der Waals surface area (Å²) >= 11 is 0. The number of carboxylic acid groups (broad SMARTS) is 1. The second-order valence-electron chi connectivity index (χ2n) is 2.73. The Labute approximate surface area is 70.9 Å². The Morgan fingerprint density at radius 1 is 1.75 bits per heavy atom. The minimum atomic E-state index is -1.28. The lowest BCUT2D eigenvalue weighted by atomic mass is 10.0. The molecule has 0 aromatic rings. The molecule has 0 fully saturated rings. The van der Waals surface area contributed by atoms with Crippen molar-refractivity contribution >= 4 is 12.4 Å². The molecular formula is C7H13NO4. The van der Waals surface area contributed by atoms with Gasteiger partial charge in [-0.1, -0.05) is 0 Å². The number of likely N-dealkylation sites (N-methyl/N-ethyl adjacent to an activating group) is 1. The Morgan fingerprint density at radius 3 is 2.50 bits per heavy atom. The summed E-state index contributed by atoms with van der Waals surface area (Å²) in [6, 6.07) is 0. The molecule has 1 atom stereocenters. The summed E-state index contributed by atoms with van der Waals surface area (Å²) in [4.78, 5) is 22.1. The first-order valence-corrected chi connectivity index (χ1v) is 3.39. The van der Waals surface area contributed by atoms with Crippen LogP contribution in [0.1, 0.15) is 6.92 Å². The van der Waals surface area contributed by atoms with Gasteiger partial charge in [0.05, 0.1) is 6.61 Å². The van der Waals surface area contributed by atoms with Gasteiger partial charge in [0.25, 0.3) is 0 Å². The Kier molecular flexibility index (Phi) is 3.69. The topological polar surface area (TPSA) is 66.8 Å². The molecule has 0 saturated heterocycles. The maximum atomic E-state index is 10.7. The predicted octanol–water partition coefficient (Wildman–Crippen LogP) is -0.436. The second-order valence-corrected chi connectivity index (χ2v) is 2.73. The van der Waals surface area contributed by atoms with Crippen molar-refractivity contribution in [3.63, 3.8) is 0 Å². The lowest BCUT2D eigenvalue weighted by molar-refractivity contribution is -0.156. The first kappa shape index (κ1) is 10.9. The third kappa shape index (κ3) is 1.94. The van der Waals surface area contributed by atoms with E-state index >= 15 is 0 Å². The van der Waals surface area contributed by atoms with E-state index in [2.05, 4.69) is 0 Å². The molecule has 0 radical (unpaired) electrons. The zero-order valence-electron chi connectivity index (χ0n) is 7.40. The average Bonchev–Trinajstić information content (AvgIpc) is 2.03. The number of amides is 1. The Balaban J connectivity index is 4.59. The third-order valence-corrected chi connectivity index (χ3v) is 1.82. The maximum absolute atomic E-state index is 10.7.